The molecule has 3 aromatic heterocycles. The molecule has 0 spiro atoms. The number of carbonyl (C=O) groups is 1. The van der Waals surface area contributed by atoms with Gasteiger partial charge in [-0.05, 0) is 62.6 Å². The molecule has 9 nitrogen and oxygen atoms in total. The van der Waals surface area contributed by atoms with Crippen LogP contribution < -0.4 is 25.7 Å². The average Bonchev–Trinajstić information content (AvgIpc) is 3.32. The quantitative estimate of drug-likeness (QED) is 0.306. The van der Waals surface area contributed by atoms with Gasteiger partial charge in [0.15, 0.2) is 11.3 Å². The molecule has 9 heteroatoms. The van der Waals surface area contributed by atoms with E-state index in [9.17, 15) is 9.59 Å². The van der Waals surface area contributed by atoms with Gasteiger partial charge in [-0.2, -0.15) is 0 Å². The molecule has 0 bridgehead atoms. The molecule has 4 aromatic rings. The Morgan fingerprint density at radius 3 is 2.60 bits per heavy atom. The van der Waals surface area contributed by atoms with E-state index in [1.165, 1.54) is 13.2 Å². The molecule has 0 aliphatic carbocycles. The number of aromatic amines is 1. The molecular weight excluding hydrogens is 504 g/mol. The number of carbonyl (C=O) groups excluding carboxylic acids is 1. The normalized spacial score (nSPS) is 14.4. The van der Waals surface area contributed by atoms with Crippen molar-refractivity contribution in [1.82, 2.24) is 25.2 Å². The molecule has 1 aromatic carbocycles. The Balaban J connectivity index is 1.54. The zero-order chi connectivity index (χ0) is 28.4. The topological polar surface area (TPSA) is 104 Å². The summed E-state index contributed by atoms with van der Waals surface area (Å²) in [6.07, 6.45) is 4.98. The van der Waals surface area contributed by atoms with E-state index >= 15 is 0 Å². The zero-order valence-electron chi connectivity index (χ0n) is 23.9. The number of pyridine rings is 2. The second-order valence-electron chi connectivity index (χ2n) is 10.5. The van der Waals surface area contributed by atoms with Gasteiger partial charge in [0, 0.05) is 78.4 Å². The highest BCUT2D eigenvalue weighted by Crippen LogP contribution is 2.34. The number of hydrogen-bond acceptors (Lipinski definition) is 6. The maximum Gasteiger partial charge on any atom is 0.252 e. The van der Waals surface area contributed by atoms with Crippen LogP contribution in [0.1, 0.15) is 53.5 Å². The van der Waals surface area contributed by atoms with Crippen LogP contribution in [-0.4, -0.2) is 53.7 Å². The van der Waals surface area contributed by atoms with E-state index in [0.29, 0.717) is 22.7 Å². The molecule has 0 saturated carbocycles. The predicted molar refractivity (Wildman–Crippen MR) is 160 cm³/mol. The maximum absolute atomic E-state index is 13.8. The van der Waals surface area contributed by atoms with Crippen LogP contribution in [0.3, 0.4) is 0 Å². The van der Waals surface area contributed by atoms with Gasteiger partial charge in [0.25, 0.3) is 5.91 Å². The molecule has 1 atom stereocenters. The molecule has 210 valence electrons. The summed E-state index contributed by atoms with van der Waals surface area (Å²) in [7, 11) is 1.51. The fraction of sp³-hybridized carbons (Fsp3) is 0.387. The third kappa shape index (κ3) is 5.34. The molecule has 4 heterocycles. The van der Waals surface area contributed by atoms with E-state index < -0.39 is 0 Å². The number of anilines is 1. The highest BCUT2D eigenvalue weighted by molar-refractivity contribution is 6.09. The van der Waals surface area contributed by atoms with Gasteiger partial charge in [0.05, 0.1) is 19.2 Å². The molecule has 1 saturated heterocycles. The van der Waals surface area contributed by atoms with Crippen molar-refractivity contribution in [2.45, 2.75) is 46.7 Å². The molecule has 1 amide bonds. The number of nitrogens with zero attached hydrogens (tertiary/aromatic N) is 3. The van der Waals surface area contributed by atoms with Gasteiger partial charge >= 0.3 is 0 Å². The Bertz CT molecular complexity index is 1580. The van der Waals surface area contributed by atoms with Crippen LogP contribution in [0.4, 0.5) is 5.82 Å². The zero-order valence-corrected chi connectivity index (χ0v) is 23.9. The lowest BCUT2D eigenvalue weighted by Crippen LogP contribution is -2.43. The van der Waals surface area contributed by atoms with Gasteiger partial charge in [-0.1, -0.05) is 6.92 Å². The molecule has 1 aliphatic rings. The largest absolute Gasteiger partial charge is 0.482 e. The van der Waals surface area contributed by atoms with Gasteiger partial charge in [-0.25, -0.2) is 4.98 Å². The highest BCUT2D eigenvalue weighted by Gasteiger charge is 2.21. The third-order valence-corrected chi connectivity index (χ3v) is 7.81. The van der Waals surface area contributed by atoms with Crippen molar-refractivity contribution in [3.63, 3.8) is 0 Å². The molecule has 1 fully saturated rings. The predicted octanol–water partition coefficient (Wildman–Crippen LogP) is 4.33. The first kappa shape index (κ1) is 27.5. The molecule has 3 N–H and O–H groups in total. The highest BCUT2D eigenvalue weighted by atomic mass is 16.5. The van der Waals surface area contributed by atoms with Crippen LogP contribution in [0.15, 0.2) is 47.5 Å². The smallest absolute Gasteiger partial charge is 0.252 e. The number of methoxy groups -OCH3 is 1. The Hall–Kier alpha value is -4.11. The lowest BCUT2D eigenvalue weighted by atomic mass is 9.98. The average molecular weight is 543 g/mol. The summed E-state index contributed by atoms with van der Waals surface area (Å²) in [5.41, 5.74) is 5.38. The first-order chi connectivity index (χ1) is 19.3. The minimum absolute atomic E-state index is 0.0510. The summed E-state index contributed by atoms with van der Waals surface area (Å²) in [6.45, 7) is 12.0. The van der Waals surface area contributed by atoms with Crippen molar-refractivity contribution in [1.29, 1.82) is 0 Å². The van der Waals surface area contributed by atoms with E-state index in [1.54, 1.807) is 6.92 Å². The van der Waals surface area contributed by atoms with Crippen molar-refractivity contribution >= 4 is 22.6 Å². The second kappa shape index (κ2) is 11.6. The Kier molecular flexibility index (Phi) is 7.93. The number of hydrogen-bond donors (Lipinski definition) is 3. The van der Waals surface area contributed by atoms with E-state index in [4.69, 9.17) is 9.72 Å². The second-order valence-corrected chi connectivity index (χ2v) is 10.5. The minimum atomic E-state index is -0.246. The number of ether oxygens (including phenoxy) is 1. The van der Waals surface area contributed by atoms with Crippen LogP contribution in [0.5, 0.6) is 5.88 Å². The van der Waals surface area contributed by atoms with Gasteiger partial charge in [-0.15, -0.1) is 0 Å². The molecule has 5 rings (SSSR count). The van der Waals surface area contributed by atoms with Crippen molar-refractivity contribution < 1.29 is 9.53 Å². The van der Waals surface area contributed by atoms with Gasteiger partial charge < -0.3 is 29.8 Å². The lowest BCUT2D eigenvalue weighted by Gasteiger charge is -2.28. The molecule has 40 heavy (non-hydrogen) atoms. The number of aryl methyl sites for hydroxylation is 2. The number of aromatic nitrogens is 3. The van der Waals surface area contributed by atoms with Crippen molar-refractivity contribution in [3.05, 3.63) is 75.3 Å². The molecule has 1 aliphatic heterocycles. The molecule has 1 unspecified atom stereocenters. The summed E-state index contributed by atoms with van der Waals surface area (Å²) in [6, 6.07) is 10.00. The number of H-pyrrole nitrogens is 1. The SMILES string of the molecule is CCC(C)n1cc(C)c2c(C(=O)NCc3c(OC)[nH]c(C)cc3=O)cc(-c3ccc(N4CCNCC4)nc3)cc21. The number of fused-ring (bicyclic) bond motifs is 1. The fourth-order valence-electron chi connectivity index (χ4n) is 5.42. The van der Waals surface area contributed by atoms with E-state index in [1.807, 2.05) is 19.2 Å². The number of nitrogens with one attached hydrogen (secondary N) is 3. The number of benzene rings is 1. The first-order valence-corrected chi connectivity index (χ1v) is 13.9. The lowest BCUT2D eigenvalue weighted by molar-refractivity contribution is 0.0952. The van der Waals surface area contributed by atoms with Crippen LogP contribution in [0.25, 0.3) is 22.0 Å². The minimum Gasteiger partial charge on any atom is -0.482 e. The number of amides is 1. The van der Waals surface area contributed by atoms with Crippen molar-refractivity contribution in [2.24, 2.45) is 0 Å². The standard InChI is InChI=1S/C31H38N6O3/c1-6-21(4)37-18-19(2)29-24(30(39)34-17-25-27(38)13-20(3)35-31(25)40-5)14-23(15-26(29)37)22-7-8-28(33-16-22)36-11-9-32-10-12-36/h7-8,13-16,18,21,32H,6,9-12,17H2,1-5H3,(H,34,39)(H,35,38). The number of rotatable bonds is 8. The van der Waals surface area contributed by atoms with E-state index in [-0.39, 0.29) is 23.9 Å². The summed E-state index contributed by atoms with van der Waals surface area (Å²) >= 11 is 0. The first-order valence-electron chi connectivity index (χ1n) is 13.9. The summed E-state index contributed by atoms with van der Waals surface area (Å²) in [4.78, 5) is 36.5. The van der Waals surface area contributed by atoms with Gasteiger partial charge in [-0.3, -0.25) is 9.59 Å². The number of piperazine rings is 1. The van der Waals surface area contributed by atoms with Crippen LogP contribution in [0.2, 0.25) is 0 Å². The maximum atomic E-state index is 13.8. The summed E-state index contributed by atoms with van der Waals surface area (Å²) in [5, 5.41) is 7.26. The summed E-state index contributed by atoms with van der Waals surface area (Å²) in [5.74, 6) is 1.07. The van der Waals surface area contributed by atoms with Gasteiger partial charge in [0.1, 0.15) is 5.82 Å². The van der Waals surface area contributed by atoms with Crippen molar-refractivity contribution in [3.8, 4) is 17.0 Å². The summed E-state index contributed by atoms with van der Waals surface area (Å²) < 4.78 is 7.63. The Morgan fingerprint density at radius 1 is 1.15 bits per heavy atom. The third-order valence-electron chi connectivity index (χ3n) is 7.81. The van der Waals surface area contributed by atoms with E-state index in [2.05, 4.69) is 63.3 Å². The van der Waals surface area contributed by atoms with Crippen LogP contribution in [0, 0.1) is 13.8 Å². The van der Waals surface area contributed by atoms with Crippen molar-refractivity contribution in [2.75, 3.05) is 38.2 Å². The van der Waals surface area contributed by atoms with Crippen LogP contribution in [-0.2, 0) is 6.54 Å². The van der Waals surface area contributed by atoms with Crippen LogP contribution >= 0.6 is 0 Å². The fourth-order valence-corrected chi connectivity index (χ4v) is 5.42. The molecule has 0 radical (unpaired) electrons. The Labute approximate surface area is 234 Å². The monoisotopic (exact) mass is 542 g/mol. The van der Waals surface area contributed by atoms with E-state index in [0.717, 1.165) is 66.0 Å². The Morgan fingerprint density at radius 2 is 1.93 bits per heavy atom. The van der Waals surface area contributed by atoms with Gasteiger partial charge in [0.2, 0.25) is 0 Å². The molecular formula is C31H38N6O3.